The number of hydrogen-bond donors (Lipinski definition) is 4. The highest BCUT2D eigenvalue weighted by Gasteiger charge is 2.75. The molecule has 0 radical (unpaired) electrons. The largest absolute Gasteiger partial charge is 0.472 e. The molecule has 2 saturated heterocycles. The fourth-order valence-corrected chi connectivity index (χ4v) is 4.36. The van der Waals surface area contributed by atoms with E-state index in [-0.39, 0.29) is 12.4 Å². The summed E-state index contributed by atoms with van der Waals surface area (Å²) in [5.74, 6) is -1.06. The lowest BCUT2D eigenvalue weighted by Crippen LogP contribution is -2.60. The highest BCUT2D eigenvalue weighted by Crippen LogP contribution is 2.59. The average Bonchev–Trinajstić information content (AvgIpc) is 3.29. The minimum absolute atomic E-state index is 0.0727. The Hall–Kier alpha value is -1.11. The molecule has 10 unspecified atom stereocenters. The number of carbonyl (C=O) groups excluding carboxylic acids is 1. The predicted molar refractivity (Wildman–Crippen MR) is 84.9 cm³/mol. The molecule has 0 aromatic carbocycles. The van der Waals surface area contributed by atoms with Crippen molar-refractivity contribution in [1.82, 2.24) is 0 Å². The molecular formula is C17H24O10. The quantitative estimate of drug-likeness (QED) is 0.378. The van der Waals surface area contributed by atoms with Crippen LogP contribution in [0.3, 0.4) is 0 Å². The van der Waals surface area contributed by atoms with Gasteiger partial charge in [-0.25, -0.2) is 0 Å². The van der Waals surface area contributed by atoms with Gasteiger partial charge in [-0.3, -0.25) is 4.79 Å². The van der Waals surface area contributed by atoms with Crippen LogP contribution in [0.25, 0.3) is 0 Å². The summed E-state index contributed by atoms with van der Waals surface area (Å²) >= 11 is 0. The summed E-state index contributed by atoms with van der Waals surface area (Å²) < 4.78 is 27.5. The van der Waals surface area contributed by atoms with E-state index < -0.39 is 67.1 Å². The second kappa shape index (κ2) is 6.75. The molecule has 1 saturated carbocycles. The van der Waals surface area contributed by atoms with Gasteiger partial charge in [-0.15, -0.1) is 0 Å². The summed E-state index contributed by atoms with van der Waals surface area (Å²) in [6, 6.07) is 0. The zero-order valence-electron chi connectivity index (χ0n) is 14.9. The van der Waals surface area contributed by atoms with Gasteiger partial charge < -0.3 is 44.1 Å². The molecule has 3 fully saturated rings. The van der Waals surface area contributed by atoms with Crippen LogP contribution in [0.2, 0.25) is 0 Å². The van der Waals surface area contributed by atoms with Gasteiger partial charge in [0.25, 0.3) is 0 Å². The number of aliphatic hydroxyl groups is 4. The molecule has 0 amide bonds. The summed E-state index contributed by atoms with van der Waals surface area (Å²) in [6.45, 7) is 1.45. The van der Waals surface area contributed by atoms with E-state index in [2.05, 4.69) is 0 Å². The molecule has 152 valence electrons. The number of aliphatic hydroxyl groups excluding tert-OH is 4. The smallest absolute Gasteiger partial charge is 0.208 e. The van der Waals surface area contributed by atoms with Crippen LogP contribution in [0.1, 0.15) is 6.92 Å². The van der Waals surface area contributed by atoms with Gasteiger partial charge in [-0.05, 0) is 6.92 Å². The molecule has 0 spiro atoms. The van der Waals surface area contributed by atoms with Crippen LogP contribution in [0, 0.1) is 11.8 Å². The first-order chi connectivity index (χ1) is 12.8. The van der Waals surface area contributed by atoms with E-state index in [0.29, 0.717) is 5.57 Å². The van der Waals surface area contributed by atoms with Crippen molar-refractivity contribution in [2.45, 2.75) is 55.6 Å². The Kier molecular flexibility index (Phi) is 4.80. The van der Waals surface area contributed by atoms with Crippen molar-refractivity contribution in [3.63, 3.8) is 0 Å². The van der Waals surface area contributed by atoms with Gasteiger partial charge in [0, 0.05) is 12.7 Å². The van der Waals surface area contributed by atoms with Crippen molar-refractivity contribution < 1.29 is 48.9 Å². The molecule has 27 heavy (non-hydrogen) atoms. The van der Waals surface area contributed by atoms with Crippen molar-refractivity contribution in [2.24, 2.45) is 11.8 Å². The van der Waals surface area contributed by atoms with Gasteiger partial charge in [-0.1, -0.05) is 0 Å². The molecule has 3 heterocycles. The summed E-state index contributed by atoms with van der Waals surface area (Å²) in [4.78, 5) is 12.6. The number of ether oxygens (including phenoxy) is 5. The third-order valence-electron chi connectivity index (χ3n) is 5.90. The number of Topliss-reactive ketones (excluding diaryl/α,β-unsaturated/α-hetero) is 1. The number of epoxide rings is 1. The van der Waals surface area contributed by atoms with Gasteiger partial charge in [0.2, 0.25) is 6.29 Å². The second-order valence-electron chi connectivity index (χ2n) is 7.55. The van der Waals surface area contributed by atoms with Crippen molar-refractivity contribution in [3.8, 4) is 0 Å². The third-order valence-corrected chi connectivity index (χ3v) is 5.90. The lowest BCUT2D eigenvalue weighted by Gasteiger charge is -2.43. The second-order valence-corrected chi connectivity index (χ2v) is 7.55. The van der Waals surface area contributed by atoms with Crippen LogP contribution < -0.4 is 0 Å². The van der Waals surface area contributed by atoms with E-state index >= 15 is 0 Å². The van der Waals surface area contributed by atoms with Crippen LogP contribution >= 0.6 is 0 Å². The molecule has 0 aromatic heterocycles. The fourth-order valence-electron chi connectivity index (χ4n) is 4.36. The van der Waals surface area contributed by atoms with Crippen LogP contribution in [0.5, 0.6) is 0 Å². The lowest BCUT2D eigenvalue weighted by molar-refractivity contribution is -0.343. The third kappa shape index (κ3) is 2.83. The highest BCUT2D eigenvalue weighted by atomic mass is 16.8. The molecule has 0 bridgehead atoms. The summed E-state index contributed by atoms with van der Waals surface area (Å²) in [5.41, 5.74) is -0.0773. The number of methoxy groups -OCH3 is 1. The molecule has 10 nitrogen and oxygen atoms in total. The molecule has 4 rings (SSSR count). The monoisotopic (exact) mass is 388 g/mol. The average molecular weight is 388 g/mol. The molecule has 0 aromatic rings. The number of carbonyl (C=O) groups is 1. The van der Waals surface area contributed by atoms with Crippen LogP contribution in [0.4, 0.5) is 0 Å². The van der Waals surface area contributed by atoms with E-state index in [0.717, 1.165) is 0 Å². The molecule has 10 heteroatoms. The Bertz CT molecular complexity index is 635. The van der Waals surface area contributed by atoms with E-state index in [1.807, 2.05) is 0 Å². The van der Waals surface area contributed by atoms with Gasteiger partial charge >= 0.3 is 0 Å². The maximum atomic E-state index is 12.6. The number of fused-ring (bicyclic) bond motifs is 3. The van der Waals surface area contributed by atoms with Gasteiger partial charge in [0.1, 0.15) is 36.1 Å². The van der Waals surface area contributed by atoms with Crippen molar-refractivity contribution in [2.75, 3.05) is 20.3 Å². The first kappa shape index (κ1) is 19.2. The SMILES string of the molecule is COCC1=COC(OC2OC(CO)C(O)C(O)C2O)C2C1C(=O)C1OC12C. The van der Waals surface area contributed by atoms with Crippen LogP contribution in [-0.2, 0) is 28.5 Å². The fraction of sp³-hybridized carbons (Fsp3) is 0.824. The summed E-state index contributed by atoms with van der Waals surface area (Å²) in [6.07, 6.45) is -7.20. The Labute approximate surface area is 155 Å². The van der Waals surface area contributed by atoms with Crippen LogP contribution in [-0.4, -0.2) is 95.2 Å². The first-order valence-electron chi connectivity index (χ1n) is 8.84. The Morgan fingerprint density at radius 2 is 1.93 bits per heavy atom. The zero-order valence-corrected chi connectivity index (χ0v) is 14.9. The minimum Gasteiger partial charge on any atom is -0.472 e. The maximum absolute atomic E-state index is 12.6. The molecular weight excluding hydrogens is 364 g/mol. The van der Waals surface area contributed by atoms with E-state index in [4.69, 9.17) is 23.7 Å². The standard InChI is InChI=1S/C17H24O10/c1-17-9-8(11(20)14(17)27-17)6(4-23-2)5-24-15(9)26-16-13(22)12(21)10(19)7(3-18)25-16/h5,7-10,12-16,18-19,21-22H,3-4H2,1-2H3. The van der Waals surface area contributed by atoms with Gasteiger partial charge in [0.05, 0.1) is 31.3 Å². The Morgan fingerprint density at radius 1 is 1.19 bits per heavy atom. The molecule has 4 N–H and O–H groups in total. The van der Waals surface area contributed by atoms with Gasteiger partial charge in [-0.2, -0.15) is 0 Å². The van der Waals surface area contributed by atoms with Crippen LogP contribution in [0.15, 0.2) is 11.8 Å². The topological polar surface area (TPSA) is 147 Å². The summed E-state index contributed by atoms with van der Waals surface area (Å²) in [5, 5.41) is 39.3. The zero-order chi connectivity index (χ0) is 19.5. The predicted octanol–water partition coefficient (Wildman–Crippen LogP) is -2.34. The minimum atomic E-state index is -1.56. The van der Waals surface area contributed by atoms with Gasteiger partial charge in [0.15, 0.2) is 12.1 Å². The molecule has 4 aliphatic rings. The first-order valence-corrected chi connectivity index (χ1v) is 8.84. The molecule has 1 aliphatic carbocycles. The normalized spacial score (nSPS) is 51.3. The van der Waals surface area contributed by atoms with Crippen molar-refractivity contribution in [1.29, 1.82) is 0 Å². The van der Waals surface area contributed by atoms with Crippen molar-refractivity contribution >= 4 is 5.78 Å². The van der Waals surface area contributed by atoms with E-state index in [1.165, 1.54) is 13.4 Å². The molecule has 10 atom stereocenters. The Morgan fingerprint density at radius 3 is 2.59 bits per heavy atom. The number of ketones is 1. The number of rotatable bonds is 5. The van der Waals surface area contributed by atoms with E-state index in [9.17, 15) is 25.2 Å². The number of hydrogen-bond acceptors (Lipinski definition) is 10. The highest BCUT2D eigenvalue weighted by molar-refractivity contribution is 5.95. The maximum Gasteiger partial charge on any atom is 0.208 e. The lowest BCUT2D eigenvalue weighted by atomic mass is 9.82. The molecule has 3 aliphatic heterocycles. The van der Waals surface area contributed by atoms with E-state index in [1.54, 1.807) is 6.92 Å². The van der Waals surface area contributed by atoms with Crippen molar-refractivity contribution in [3.05, 3.63) is 11.8 Å². The Balaban J connectivity index is 1.56. The summed E-state index contributed by atoms with van der Waals surface area (Å²) in [7, 11) is 1.52.